The molecule has 0 radical (unpaired) electrons. The van der Waals surface area contributed by atoms with Gasteiger partial charge in [0.1, 0.15) is 5.69 Å². The van der Waals surface area contributed by atoms with Gasteiger partial charge in [-0.3, -0.25) is 9.78 Å². The van der Waals surface area contributed by atoms with Crippen LogP contribution in [0.3, 0.4) is 0 Å². The summed E-state index contributed by atoms with van der Waals surface area (Å²) in [5, 5.41) is 0. The number of ketones is 1. The van der Waals surface area contributed by atoms with E-state index in [1.54, 1.807) is 24.0 Å². The Morgan fingerprint density at radius 3 is 2.53 bits per heavy atom. The lowest BCUT2D eigenvalue weighted by molar-refractivity contribution is 0.101. The van der Waals surface area contributed by atoms with E-state index in [-0.39, 0.29) is 5.78 Å². The molecule has 1 heterocycles. The lowest BCUT2D eigenvalue weighted by Crippen LogP contribution is -1.95. The van der Waals surface area contributed by atoms with Crippen LogP contribution in [0.2, 0.25) is 0 Å². The van der Waals surface area contributed by atoms with Crippen molar-refractivity contribution in [1.82, 2.24) is 4.98 Å². The van der Waals surface area contributed by atoms with Gasteiger partial charge in [0.25, 0.3) is 0 Å². The summed E-state index contributed by atoms with van der Waals surface area (Å²) >= 11 is 1.72. The first-order chi connectivity index (χ1) is 8.25. The number of aromatic nitrogens is 1. The highest BCUT2D eigenvalue weighted by Gasteiger charge is 2.01. The van der Waals surface area contributed by atoms with Crippen molar-refractivity contribution in [3.8, 4) is 0 Å². The molecule has 0 aliphatic carbocycles. The fourth-order valence-electron chi connectivity index (χ4n) is 1.41. The van der Waals surface area contributed by atoms with Gasteiger partial charge in [-0.15, -0.1) is 11.8 Å². The number of thioether (sulfide) groups is 1. The molecule has 86 valence electrons. The van der Waals surface area contributed by atoms with E-state index in [0.29, 0.717) is 5.69 Å². The second-order valence-corrected chi connectivity index (χ2v) is 4.76. The van der Waals surface area contributed by atoms with Gasteiger partial charge in [-0.1, -0.05) is 30.3 Å². The molecule has 0 saturated heterocycles. The third kappa shape index (κ3) is 3.43. The number of Topliss-reactive ketones (excluding diaryl/α,β-unsaturated/α-hetero) is 1. The summed E-state index contributed by atoms with van der Waals surface area (Å²) in [6.45, 7) is 1.53. The van der Waals surface area contributed by atoms with E-state index in [0.717, 1.165) is 10.6 Å². The molecular weight excluding hydrogens is 230 g/mol. The zero-order valence-electron chi connectivity index (χ0n) is 9.59. The van der Waals surface area contributed by atoms with Gasteiger partial charge in [0.05, 0.1) is 0 Å². The Balaban J connectivity index is 1.98. The van der Waals surface area contributed by atoms with E-state index in [1.165, 1.54) is 12.5 Å². The molecule has 0 aliphatic rings. The maximum Gasteiger partial charge on any atom is 0.178 e. The zero-order chi connectivity index (χ0) is 12.1. The molecule has 0 N–H and O–H groups in total. The molecular formula is C14H13NOS. The van der Waals surface area contributed by atoms with Gasteiger partial charge in [0.15, 0.2) is 5.78 Å². The Kier molecular flexibility index (Phi) is 3.94. The quantitative estimate of drug-likeness (QED) is 0.607. The standard InChI is InChI=1S/C14H13NOS/c1-11(16)14-8-7-13(9-15-14)17-10-12-5-3-2-4-6-12/h2-9H,10H2,1H3. The van der Waals surface area contributed by atoms with Crippen LogP contribution >= 0.6 is 11.8 Å². The number of pyridine rings is 1. The lowest BCUT2D eigenvalue weighted by atomic mass is 10.2. The van der Waals surface area contributed by atoms with Crippen LogP contribution in [-0.4, -0.2) is 10.8 Å². The lowest BCUT2D eigenvalue weighted by Gasteiger charge is -2.02. The number of hydrogen-bond acceptors (Lipinski definition) is 3. The van der Waals surface area contributed by atoms with E-state index in [2.05, 4.69) is 17.1 Å². The van der Waals surface area contributed by atoms with Gasteiger partial charge >= 0.3 is 0 Å². The number of carbonyl (C=O) groups is 1. The van der Waals surface area contributed by atoms with Crippen molar-refractivity contribution in [1.29, 1.82) is 0 Å². The Hall–Kier alpha value is -1.61. The highest BCUT2D eigenvalue weighted by Crippen LogP contribution is 2.21. The van der Waals surface area contributed by atoms with Gasteiger partial charge in [-0.05, 0) is 17.7 Å². The van der Waals surface area contributed by atoms with E-state index < -0.39 is 0 Å². The number of nitrogens with zero attached hydrogens (tertiary/aromatic N) is 1. The third-order valence-corrected chi connectivity index (χ3v) is 3.40. The average Bonchev–Trinajstić information content (AvgIpc) is 2.38. The molecule has 2 aromatic rings. The predicted octanol–water partition coefficient (Wildman–Crippen LogP) is 3.58. The van der Waals surface area contributed by atoms with Crippen LogP contribution in [0.4, 0.5) is 0 Å². The van der Waals surface area contributed by atoms with Crippen LogP contribution in [0.1, 0.15) is 23.0 Å². The van der Waals surface area contributed by atoms with Crippen LogP contribution in [0, 0.1) is 0 Å². The Labute approximate surface area is 105 Å². The first kappa shape index (κ1) is 11.9. The molecule has 0 bridgehead atoms. The highest BCUT2D eigenvalue weighted by molar-refractivity contribution is 7.98. The third-order valence-electron chi connectivity index (χ3n) is 2.35. The van der Waals surface area contributed by atoms with Crippen LogP contribution in [0.15, 0.2) is 53.6 Å². The van der Waals surface area contributed by atoms with E-state index >= 15 is 0 Å². The molecule has 0 amide bonds. The van der Waals surface area contributed by atoms with Crippen LogP contribution < -0.4 is 0 Å². The van der Waals surface area contributed by atoms with Crippen molar-refractivity contribution in [2.24, 2.45) is 0 Å². The Morgan fingerprint density at radius 2 is 1.94 bits per heavy atom. The van der Waals surface area contributed by atoms with Gasteiger partial charge in [0.2, 0.25) is 0 Å². The molecule has 0 unspecified atom stereocenters. The van der Waals surface area contributed by atoms with E-state index in [1.807, 2.05) is 24.3 Å². The largest absolute Gasteiger partial charge is 0.293 e. The second kappa shape index (κ2) is 5.64. The van der Waals surface area contributed by atoms with Crippen LogP contribution in [-0.2, 0) is 5.75 Å². The molecule has 0 atom stereocenters. The molecule has 2 rings (SSSR count). The molecule has 1 aromatic heterocycles. The molecule has 3 heteroatoms. The van der Waals surface area contributed by atoms with Crippen molar-refractivity contribution in [2.75, 3.05) is 0 Å². The van der Waals surface area contributed by atoms with Crippen LogP contribution in [0.5, 0.6) is 0 Å². The van der Waals surface area contributed by atoms with E-state index in [9.17, 15) is 4.79 Å². The minimum absolute atomic E-state index is 0.00427. The van der Waals surface area contributed by atoms with Crippen molar-refractivity contribution >= 4 is 17.5 Å². The van der Waals surface area contributed by atoms with Crippen molar-refractivity contribution < 1.29 is 4.79 Å². The molecule has 0 saturated carbocycles. The van der Waals surface area contributed by atoms with Crippen molar-refractivity contribution in [3.63, 3.8) is 0 Å². The summed E-state index contributed by atoms with van der Waals surface area (Å²) in [6.07, 6.45) is 1.75. The Morgan fingerprint density at radius 1 is 1.18 bits per heavy atom. The first-order valence-corrected chi connectivity index (χ1v) is 6.38. The minimum Gasteiger partial charge on any atom is -0.293 e. The van der Waals surface area contributed by atoms with Gasteiger partial charge in [0, 0.05) is 23.8 Å². The smallest absolute Gasteiger partial charge is 0.178 e. The monoisotopic (exact) mass is 243 g/mol. The fraction of sp³-hybridized carbons (Fsp3) is 0.143. The van der Waals surface area contributed by atoms with Gasteiger partial charge in [-0.2, -0.15) is 0 Å². The molecule has 1 aromatic carbocycles. The molecule has 2 nitrogen and oxygen atoms in total. The van der Waals surface area contributed by atoms with Crippen LogP contribution in [0.25, 0.3) is 0 Å². The summed E-state index contributed by atoms with van der Waals surface area (Å²) in [5.74, 6) is 0.923. The Bertz CT molecular complexity index is 493. The number of hydrogen-bond donors (Lipinski definition) is 0. The highest BCUT2D eigenvalue weighted by atomic mass is 32.2. The minimum atomic E-state index is 0.00427. The summed E-state index contributed by atoms with van der Waals surface area (Å²) in [5.41, 5.74) is 1.81. The van der Waals surface area contributed by atoms with Crippen molar-refractivity contribution in [3.05, 3.63) is 59.9 Å². The SMILES string of the molecule is CC(=O)c1ccc(SCc2ccccc2)cn1. The molecule has 0 spiro atoms. The maximum atomic E-state index is 11.1. The fourth-order valence-corrected chi connectivity index (χ4v) is 2.23. The topological polar surface area (TPSA) is 30.0 Å². The second-order valence-electron chi connectivity index (χ2n) is 3.71. The zero-order valence-corrected chi connectivity index (χ0v) is 10.4. The summed E-state index contributed by atoms with van der Waals surface area (Å²) in [4.78, 5) is 16.3. The number of rotatable bonds is 4. The van der Waals surface area contributed by atoms with Gasteiger partial charge in [-0.25, -0.2) is 0 Å². The van der Waals surface area contributed by atoms with E-state index in [4.69, 9.17) is 0 Å². The normalized spacial score (nSPS) is 10.2. The molecule has 0 fully saturated rings. The first-order valence-electron chi connectivity index (χ1n) is 5.39. The number of carbonyl (C=O) groups excluding carboxylic acids is 1. The van der Waals surface area contributed by atoms with Crippen molar-refractivity contribution in [2.45, 2.75) is 17.6 Å². The molecule has 17 heavy (non-hydrogen) atoms. The average molecular weight is 243 g/mol. The number of benzene rings is 1. The summed E-state index contributed by atoms with van der Waals surface area (Å²) < 4.78 is 0. The van der Waals surface area contributed by atoms with Gasteiger partial charge < -0.3 is 0 Å². The summed E-state index contributed by atoms with van der Waals surface area (Å²) in [7, 11) is 0. The maximum absolute atomic E-state index is 11.1. The predicted molar refractivity (Wildman–Crippen MR) is 70.2 cm³/mol. The summed E-state index contributed by atoms with van der Waals surface area (Å²) in [6, 6.07) is 14.0. The molecule has 0 aliphatic heterocycles.